The largest absolute Gasteiger partial charge is 0.284 e. The standard InChI is InChI=1S/C9H22OS/c1-8(2)7-11(6,10)9(3,4)5/h8,11H,7H2,1-6H3. The van der Waals surface area contributed by atoms with E-state index < -0.39 is 9.93 Å². The summed E-state index contributed by atoms with van der Waals surface area (Å²) in [5.41, 5.74) is 0. The summed E-state index contributed by atoms with van der Waals surface area (Å²) in [7, 11) is -1.93. The van der Waals surface area contributed by atoms with Gasteiger partial charge in [-0.2, -0.15) is 0 Å². The van der Waals surface area contributed by atoms with Gasteiger partial charge in [-0.05, 0) is 12.2 Å². The molecule has 0 aromatic heterocycles. The van der Waals surface area contributed by atoms with E-state index in [-0.39, 0.29) is 4.75 Å². The molecule has 0 saturated heterocycles. The predicted molar refractivity (Wildman–Crippen MR) is 54.9 cm³/mol. The number of hydrogen-bond acceptors (Lipinski definition) is 1. The summed E-state index contributed by atoms with van der Waals surface area (Å²) in [6.07, 6.45) is 1.92. The summed E-state index contributed by atoms with van der Waals surface area (Å²) >= 11 is 0. The number of rotatable bonds is 2. The van der Waals surface area contributed by atoms with Crippen LogP contribution < -0.4 is 0 Å². The van der Waals surface area contributed by atoms with Gasteiger partial charge >= 0.3 is 0 Å². The van der Waals surface area contributed by atoms with Crippen molar-refractivity contribution < 1.29 is 4.21 Å². The molecule has 0 aliphatic heterocycles. The molecule has 0 rings (SSSR count). The summed E-state index contributed by atoms with van der Waals surface area (Å²) in [5.74, 6) is 1.42. The van der Waals surface area contributed by atoms with E-state index in [1.807, 2.05) is 6.26 Å². The third kappa shape index (κ3) is 3.37. The Labute approximate surface area is 72.0 Å². The zero-order valence-electron chi connectivity index (χ0n) is 8.64. The molecule has 2 heteroatoms. The third-order valence-electron chi connectivity index (χ3n) is 2.13. The topological polar surface area (TPSA) is 17.1 Å². The minimum Gasteiger partial charge on any atom is -0.284 e. The zero-order chi connectivity index (χ0) is 9.28. The average Bonchev–Trinajstić information content (AvgIpc) is 1.56. The molecule has 0 fully saturated rings. The van der Waals surface area contributed by atoms with E-state index in [9.17, 15) is 4.21 Å². The van der Waals surface area contributed by atoms with Gasteiger partial charge < -0.3 is 0 Å². The second-order valence-electron chi connectivity index (χ2n) is 4.85. The molecular formula is C9H22OS. The fourth-order valence-corrected chi connectivity index (χ4v) is 2.91. The maximum Gasteiger partial charge on any atom is 0.0152 e. The van der Waals surface area contributed by atoms with Crippen LogP contribution in [0.2, 0.25) is 0 Å². The van der Waals surface area contributed by atoms with Crippen molar-refractivity contribution in [2.75, 3.05) is 12.0 Å². The Kier molecular flexibility index (Phi) is 3.30. The normalized spacial score (nSPS) is 15.5. The van der Waals surface area contributed by atoms with Gasteiger partial charge in [0.25, 0.3) is 0 Å². The van der Waals surface area contributed by atoms with Gasteiger partial charge in [0.1, 0.15) is 0 Å². The minimum atomic E-state index is -1.93. The van der Waals surface area contributed by atoms with E-state index in [0.29, 0.717) is 5.92 Å². The maximum atomic E-state index is 12.0. The van der Waals surface area contributed by atoms with Crippen LogP contribution in [0.25, 0.3) is 0 Å². The van der Waals surface area contributed by atoms with Crippen LogP contribution in [0.4, 0.5) is 0 Å². The smallest absolute Gasteiger partial charge is 0.0152 e. The van der Waals surface area contributed by atoms with Crippen molar-refractivity contribution in [1.82, 2.24) is 0 Å². The molecule has 0 saturated carbocycles. The molecule has 1 nitrogen and oxygen atoms in total. The molecule has 0 spiro atoms. The predicted octanol–water partition coefficient (Wildman–Crippen LogP) is 2.09. The van der Waals surface area contributed by atoms with E-state index in [0.717, 1.165) is 5.75 Å². The van der Waals surface area contributed by atoms with Crippen molar-refractivity contribution >= 4 is 9.93 Å². The quantitative estimate of drug-likeness (QED) is 0.641. The van der Waals surface area contributed by atoms with Gasteiger partial charge in [-0.25, -0.2) is 0 Å². The molecule has 0 N–H and O–H groups in total. The molecule has 11 heavy (non-hydrogen) atoms. The van der Waals surface area contributed by atoms with Crippen molar-refractivity contribution in [3.05, 3.63) is 0 Å². The molecule has 0 amide bonds. The van der Waals surface area contributed by atoms with Crippen LogP contribution in [0.5, 0.6) is 0 Å². The second kappa shape index (κ2) is 3.26. The molecule has 0 radical (unpaired) electrons. The summed E-state index contributed by atoms with van der Waals surface area (Å²) in [4.78, 5) is 0. The molecule has 0 bridgehead atoms. The first-order chi connectivity index (χ1) is 4.67. The van der Waals surface area contributed by atoms with E-state index in [2.05, 4.69) is 34.6 Å². The van der Waals surface area contributed by atoms with Gasteiger partial charge in [-0.15, -0.1) is 9.93 Å². The van der Waals surface area contributed by atoms with Crippen LogP contribution in [-0.4, -0.2) is 21.0 Å². The van der Waals surface area contributed by atoms with Crippen LogP contribution in [-0.2, 0) is 9.93 Å². The van der Waals surface area contributed by atoms with Crippen LogP contribution in [0.15, 0.2) is 0 Å². The van der Waals surface area contributed by atoms with Gasteiger partial charge in [-0.1, -0.05) is 34.6 Å². The Hall–Kier alpha value is 0.150. The van der Waals surface area contributed by atoms with Crippen molar-refractivity contribution in [3.63, 3.8) is 0 Å². The van der Waals surface area contributed by atoms with E-state index in [4.69, 9.17) is 0 Å². The monoisotopic (exact) mass is 178 g/mol. The summed E-state index contributed by atoms with van der Waals surface area (Å²) < 4.78 is 12.0. The van der Waals surface area contributed by atoms with Crippen molar-refractivity contribution in [2.24, 2.45) is 5.92 Å². The first-order valence-electron chi connectivity index (χ1n) is 4.23. The van der Waals surface area contributed by atoms with Crippen LogP contribution >= 0.6 is 0 Å². The van der Waals surface area contributed by atoms with Crippen LogP contribution in [0.3, 0.4) is 0 Å². The molecule has 0 atom stereocenters. The van der Waals surface area contributed by atoms with Gasteiger partial charge in [0.15, 0.2) is 0 Å². The fourth-order valence-electron chi connectivity index (χ4n) is 0.971. The van der Waals surface area contributed by atoms with Gasteiger partial charge in [0.2, 0.25) is 0 Å². The molecule has 0 aromatic rings. The summed E-state index contributed by atoms with van der Waals surface area (Å²) in [6, 6.07) is 0. The lowest BCUT2D eigenvalue weighted by Crippen LogP contribution is -2.37. The fraction of sp³-hybridized carbons (Fsp3) is 1.00. The maximum absolute atomic E-state index is 12.0. The summed E-state index contributed by atoms with van der Waals surface area (Å²) in [5, 5.41) is 0. The SMILES string of the molecule is CC(C)C[SH](C)(=O)C(C)(C)C. The minimum absolute atomic E-state index is 0.0166. The lowest BCUT2D eigenvalue weighted by molar-refractivity contribution is 0.618. The Bertz CT molecular complexity index is 165. The van der Waals surface area contributed by atoms with Crippen LogP contribution in [0, 0.1) is 5.92 Å². The molecule has 0 heterocycles. The van der Waals surface area contributed by atoms with Crippen molar-refractivity contribution in [1.29, 1.82) is 0 Å². The van der Waals surface area contributed by atoms with Crippen LogP contribution in [0.1, 0.15) is 34.6 Å². The average molecular weight is 178 g/mol. The lowest BCUT2D eigenvalue weighted by atomic mass is 10.2. The Morgan fingerprint density at radius 2 is 1.64 bits per heavy atom. The third-order valence-corrected chi connectivity index (χ3v) is 6.40. The second-order valence-corrected chi connectivity index (χ2v) is 8.76. The van der Waals surface area contributed by atoms with E-state index in [1.54, 1.807) is 0 Å². The van der Waals surface area contributed by atoms with Gasteiger partial charge in [0.05, 0.1) is 0 Å². The van der Waals surface area contributed by atoms with Gasteiger partial charge in [0, 0.05) is 10.5 Å². The highest BCUT2D eigenvalue weighted by atomic mass is 32.2. The van der Waals surface area contributed by atoms with Crippen molar-refractivity contribution in [2.45, 2.75) is 39.4 Å². The number of hydrogen-bond donors (Lipinski definition) is 1. The molecule has 70 valence electrons. The highest BCUT2D eigenvalue weighted by molar-refractivity contribution is 8.03. The first kappa shape index (κ1) is 11.2. The zero-order valence-corrected chi connectivity index (χ0v) is 9.53. The highest BCUT2D eigenvalue weighted by Crippen LogP contribution is 2.23. The Morgan fingerprint density at radius 3 is 1.73 bits per heavy atom. The van der Waals surface area contributed by atoms with Crippen molar-refractivity contribution in [3.8, 4) is 0 Å². The van der Waals surface area contributed by atoms with E-state index in [1.165, 1.54) is 0 Å². The molecule has 0 aliphatic rings. The summed E-state index contributed by atoms with van der Waals surface area (Å²) in [6.45, 7) is 10.5. The molecule has 0 aromatic carbocycles. The molecular weight excluding hydrogens is 156 g/mol. The van der Waals surface area contributed by atoms with E-state index >= 15 is 0 Å². The molecule has 0 unspecified atom stereocenters. The first-order valence-corrected chi connectivity index (χ1v) is 6.57. The number of thiol groups is 1. The Balaban J connectivity index is 4.36. The van der Waals surface area contributed by atoms with Gasteiger partial charge in [-0.3, -0.25) is 4.21 Å². The Morgan fingerprint density at radius 1 is 1.27 bits per heavy atom. The highest BCUT2D eigenvalue weighted by Gasteiger charge is 2.26. The lowest BCUT2D eigenvalue weighted by Gasteiger charge is -2.34. The molecule has 0 aliphatic carbocycles.